The van der Waals surface area contributed by atoms with E-state index in [4.69, 9.17) is 5.11 Å². The molecule has 0 radical (unpaired) electrons. The topological polar surface area (TPSA) is 54.4 Å². The molecule has 1 aromatic carbocycles. The molecular formula is C16H18O3. The molecule has 1 aromatic rings. The Kier molecular flexibility index (Phi) is 6.30. The highest BCUT2D eigenvalue weighted by molar-refractivity contribution is 6.00. The van der Waals surface area contributed by atoms with Gasteiger partial charge in [-0.1, -0.05) is 49.4 Å². The van der Waals surface area contributed by atoms with Crippen molar-refractivity contribution in [2.45, 2.75) is 26.2 Å². The predicted molar refractivity (Wildman–Crippen MR) is 75.7 cm³/mol. The van der Waals surface area contributed by atoms with Crippen LogP contribution in [0, 0.1) is 0 Å². The van der Waals surface area contributed by atoms with Gasteiger partial charge < -0.3 is 5.11 Å². The van der Waals surface area contributed by atoms with Crippen molar-refractivity contribution in [2.24, 2.45) is 0 Å². The van der Waals surface area contributed by atoms with Gasteiger partial charge in [-0.2, -0.15) is 0 Å². The lowest BCUT2D eigenvalue weighted by atomic mass is 9.97. The van der Waals surface area contributed by atoms with Crippen molar-refractivity contribution in [3.63, 3.8) is 0 Å². The number of carbonyl (C=O) groups is 2. The van der Waals surface area contributed by atoms with E-state index in [1.54, 1.807) is 6.08 Å². The van der Waals surface area contributed by atoms with Crippen LogP contribution in [0.25, 0.3) is 5.57 Å². The van der Waals surface area contributed by atoms with Crippen LogP contribution in [-0.2, 0) is 9.59 Å². The highest BCUT2D eigenvalue weighted by Crippen LogP contribution is 2.20. The molecule has 3 nitrogen and oxygen atoms in total. The number of carboxylic acid groups (broad SMARTS) is 1. The summed E-state index contributed by atoms with van der Waals surface area (Å²) in [7, 11) is 0. The van der Waals surface area contributed by atoms with Gasteiger partial charge in [-0.05, 0) is 23.6 Å². The molecule has 1 N–H and O–H groups in total. The highest BCUT2D eigenvalue weighted by atomic mass is 16.4. The number of aliphatic carboxylic acids is 1. The molecule has 0 fully saturated rings. The lowest BCUT2D eigenvalue weighted by Gasteiger charge is -2.07. The van der Waals surface area contributed by atoms with E-state index >= 15 is 0 Å². The summed E-state index contributed by atoms with van der Waals surface area (Å²) < 4.78 is 0. The standard InChI is InChI=1S/C12H10O.C4H8O2/c13-12-8-4-7-11(9-12)10-5-2-1-3-6-10;1-2-3-4(5)6/h1-8H,9H2;2-3H2,1H3,(H,5,6). The first-order valence-electron chi connectivity index (χ1n) is 6.30. The molecule has 1 aliphatic carbocycles. The molecule has 0 aliphatic heterocycles. The van der Waals surface area contributed by atoms with Crippen LogP contribution in [0.2, 0.25) is 0 Å². The number of benzene rings is 1. The van der Waals surface area contributed by atoms with Crippen LogP contribution in [-0.4, -0.2) is 16.9 Å². The first kappa shape index (κ1) is 14.9. The second kappa shape index (κ2) is 8.03. The van der Waals surface area contributed by atoms with Crippen molar-refractivity contribution in [3.8, 4) is 0 Å². The second-order valence-corrected chi connectivity index (χ2v) is 4.20. The lowest BCUT2D eigenvalue weighted by molar-refractivity contribution is -0.137. The Morgan fingerprint density at radius 2 is 1.95 bits per heavy atom. The quantitative estimate of drug-likeness (QED) is 0.903. The maximum absolute atomic E-state index is 11.1. The van der Waals surface area contributed by atoms with Gasteiger partial charge in [0.05, 0.1) is 0 Å². The van der Waals surface area contributed by atoms with Crippen molar-refractivity contribution in [2.75, 3.05) is 0 Å². The van der Waals surface area contributed by atoms with Gasteiger partial charge in [0.1, 0.15) is 0 Å². The molecule has 3 heteroatoms. The maximum atomic E-state index is 11.1. The van der Waals surface area contributed by atoms with Crippen molar-refractivity contribution >= 4 is 17.3 Å². The average molecular weight is 258 g/mol. The Labute approximate surface area is 113 Å². The monoisotopic (exact) mass is 258 g/mol. The Balaban J connectivity index is 0.000000258. The fourth-order valence-electron chi connectivity index (χ4n) is 1.64. The van der Waals surface area contributed by atoms with Crippen molar-refractivity contribution < 1.29 is 14.7 Å². The van der Waals surface area contributed by atoms with Gasteiger partial charge in [0.15, 0.2) is 5.78 Å². The van der Waals surface area contributed by atoms with E-state index in [1.807, 2.05) is 49.4 Å². The molecule has 19 heavy (non-hydrogen) atoms. The van der Waals surface area contributed by atoms with Gasteiger partial charge in [-0.25, -0.2) is 0 Å². The minimum absolute atomic E-state index is 0.182. The Morgan fingerprint density at radius 1 is 1.26 bits per heavy atom. The summed E-state index contributed by atoms with van der Waals surface area (Å²) in [5.41, 5.74) is 2.24. The molecule has 0 aromatic heterocycles. The van der Waals surface area contributed by atoms with E-state index in [0.29, 0.717) is 12.8 Å². The summed E-state index contributed by atoms with van der Waals surface area (Å²) in [4.78, 5) is 20.7. The fraction of sp³-hybridized carbons (Fsp3) is 0.250. The van der Waals surface area contributed by atoms with Gasteiger partial charge in [0.25, 0.3) is 0 Å². The first-order chi connectivity index (χ1) is 9.13. The number of allylic oxidation sites excluding steroid dienone is 4. The lowest BCUT2D eigenvalue weighted by Crippen LogP contribution is -1.98. The third-order valence-corrected chi connectivity index (χ3v) is 2.55. The minimum Gasteiger partial charge on any atom is -0.481 e. The summed E-state index contributed by atoms with van der Waals surface area (Å²) in [5.74, 6) is -0.529. The molecule has 0 spiro atoms. The van der Waals surface area contributed by atoms with E-state index in [-0.39, 0.29) is 5.78 Å². The number of carboxylic acids is 1. The number of carbonyl (C=O) groups excluding carboxylic acids is 1. The Hall–Kier alpha value is -2.16. The molecule has 0 atom stereocenters. The Morgan fingerprint density at radius 3 is 2.42 bits per heavy atom. The van der Waals surface area contributed by atoms with Crippen LogP contribution in [0.1, 0.15) is 31.7 Å². The minimum atomic E-state index is -0.711. The predicted octanol–water partition coefficient (Wildman–Crippen LogP) is 3.47. The molecule has 0 amide bonds. The van der Waals surface area contributed by atoms with Crippen LogP contribution < -0.4 is 0 Å². The van der Waals surface area contributed by atoms with Crippen LogP contribution in [0.15, 0.2) is 48.6 Å². The van der Waals surface area contributed by atoms with Gasteiger partial charge in [-0.3, -0.25) is 9.59 Å². The molecule has 100 valence electrons. The summed E-state index contributed by atoms with van der Waals surface area (Å²) in [6, 6.07) is 10.00. The number of hydrogen-bond acceptors (Lipinski definition) is 2. The fourth-order valence-corrected chi connectivity index (χ4v) is 1.64. The summed E-state index contributed by atoms with van der Waals surface area (Å²) in [6.45, 7) is 1.84. The maximum Gasteiger partial charge on any atom is 0.303 e. The van der Waals surface area contributed by atoms with E-state index in [0.717, 1.165) is 17.6 Å². The van der Waals surface area contributed by atoms with Crippen LogP contribution in [0.5, 0.6) is 0 Å². The number of ketones is 1. The SMILES string of the molecule is CCCC(=O)O.O=C1C=CC=C(c2ccccc2)C1. The van der Waals surface area contributed by atoms with E-state index in [2.05, 4.69) is 0 Å². The zero-order valence-electron chi connectivity index (χ0n) is 11.0. The Bertz CT molecular complexity index is 484. The molecule has 0 saturated carbocycles. The van der Waals surface area contributed by atoms with Gasteiger partial charge in [0, 0.05) is 12.8 Å². The van der Waals surface area contributed by atoms with Crippen LogP contribution in [0.3, 0.4) is 0 Å². The second-order valence-electron chi connectivity index (χ2n) is 4.20. The summed E-state index contributed by atoms with van der Waals surface area (Å²) >= 11 is 0. The molecule has 0 heterocycles. The average Bonchev–Trinajstić information content (AvgIpc) is 2.40. The zero-order valence-corrected chi connectivity index (χ0v) is 11.0. The number of hydrogen-bond donors (Lipinski definition) is 1. The van der Waals surface area contributed by atoms with E-state index in [9.17, 15) is 9.59 Å². The van der Waals surface area contributed by atoms with E-state index < -0.39 is 5.97 Å². The van der Waals surface area contributed by atoms with Crippen LogP contribution >= 0.6 is 0 Å². The third kappa shape index (κ3) is 5.82. The van der Waals surface area contributed by atoms with E-state index in [1.165, 1.54) is 0 Å². The highest BCUT2D eigenvalue weighted by Gasteiger charge is 2.07. The smallest absolute Gasteiger partial charge is 0.303 e. The molecule has 0 unspecified atom stereocenters. The molecule has 0 saturated heterocycles. The van der Waals surface area contributed by atoms with Gasteiger partial charge in [-0.15, -0.1) is 0 Å². The zero-order chi connectivity index (χ0) is 14.1. The number of rotatable bonds is 3. The summed E-state index contributed by atoms with van der Waals surface area (Å²) in [6.07, 6.45) is 6.98. The first-order valence-corrected chi connectivity index (χ1v) is 6.30. The molecule has 1 aliphatic rings. The van der Waals surface area contributed by atoms with Crippen molar-refractivity contribution in [1.29, 1.82) is 0 Å². The van der Waals surface area contributed by atoms with Crippen molar-refractivity contribution in [1.82, 2.24) is 0 Å². The van der Waals surface area contributed by atoms with Crippen molar-refractivity contribution in [3.05, 3.63) is 54.1 Å². The molecule has 2 rings (SSSR count). The largest absolute Gasteiger partial charge is 0.481 e. The summed E-state index contributed by atoms with van der Waals surface area (Å²) in [5, 5.41) is 7.91. The normalized spacial score (nSPS) is 13.3. The van der Waals surface area contributed by atoms with Gasteiger partial charge in [0.2, 0.25) is 0 Å². The molecular weight excluding hydrogens is 240 g/mol. The van der Waals surface area contributed by atoms with Crippen LogP contribution in [0.4, 0.5) is 0 Å². The van der Waals surface area contributed by atoms with Gasteiger partial charge >= 0.3 is 5.97 Å². The molecule has 0 bridgehead atoms. The third-order valence-electron chi connectivity index (χ3n) is 2.55.